The first-order chi connectivity index (χ1) is 11.4. The predicted octanol–water partition coefficient (Wildman–Crippen LogP) is 4.92. The van der Waals surface area contributed by atoms with Gasteiger partial charge in [-0.1, -0.05) is 34.8 Å². The smallest absolute Gasteiger partial charge is 0.255 e. The number of hydrogen-bond donors (Lipinski definition) is 1. The highest BCUT2D eigenvalue weighted by atomic mass is 35.5. The average Bonchev–Trinajstić information content (AvgIpc) is 2.55. The van der Waals surface area contributed by atoms with Crippen LogP contribution in [0.25, 0.3) is 0 Å². The van der Waals surface area contributed by atoms with Crippen molar-refractivity contribution in [3.8, 4) is 17.2 Å². The van der Waals surface area contributed by atoms with E-state index >= 15 is 0 Å². The van der Waals surface area contributed by atoms with E-state index in [9.17, 15) is 4.79 Å². The molecule has 0 fully saturated rings. The Labute approximate surface area is 154 Å². The third-order valence-corrected chi connectivity index (χ3v) is 4.04. The van der Waals surface area contributed by atoms with Gasteiger partial charge < -0.3 is 19.5 Å². The van der Waals surface area contributed by atoms with Gasteiger partial charge in [0.2, 0.25) is 0 Å². The summed E-state index contributed by atoms with van der Waals surface area (Å²) in [5, 5.41) is 3.54. The number of methoxy groups -OCH3 is 3. The van der Waals surface area contributed by atoms with Crippen molar-refractivity contribution in [2.45, 2.75) is 0 Å². The van der Waals surface area contributed by atoms with Crippen molar-refractivity contribution in [3.63, 3.8) is 0 Å². The molecule has 2 rings (SSSR count). The summed E-state index contributed by atoms with van der Waals surface area (Å²) in [5.74, 6) is 0.670. The number of carbonyl (C=O) groups is 1. The summed E-state index contributed by atoms with van der Waals surface area (Å²) < 4.78 is 15.4. The minimum atomic E-state index is -0.427. The number of ether oxygens (including phenoxy) is 3. The van der Waals surface area contributed by atoms with Crippen LogP contribution in [-0.2, 0) is 0 Å². The highest BCUT2D eigenvalue weighted by Gasteiger charge is 2.17. The van der Waals surface area contributed by atoms with Gasteiger partial charge in [0.15, 0.2) is 5.75 Å². The lowest BCUT2D eigenvalue weighted by Crippen LogP contribution is -2.13. The molecule has 1 N–H and O–H groups in total. The molecule has 128 valence electrons. The number of carbonyl (C=O) groups excluding carboxylic acids is 1. The monoisotopic (exact) mass is 389 g/mol. The Kier molecular flexibility index (Phi) is 6.04. The number of anilines is 1. The first kappa shape index (κ1) is 18.5. The van der Waals surface area contributed by atoms with Crippen LogP contribution < -0.4 is 19.5 Å². The van der Waals surface area contributed by atoms with Crippen molar-refractivity contribution in [2.75, 3.05) is 26.6 Å². The van der Waals surface area contributed by atoms with E-state index in [2.05, 4.69) is 5.32 Å². The molecule has 2 aromatic carbocycles. The van der Waals surface area contributed by atoms with Crippen molar-refractivity contribution in [1.82, 2.24) is 0 Å². The van der Waals surface area contributed by atoms with Gasteiger partial charge in [0, 0.05) is 17.7 Å². The van der Waals surface area contributed by atoms with E-state index in [0.29, 0.717) is 28.0 Å². The lowest BCUT2D eigenvalue weighted by molar-refractivity contribution is 0.102. The molecule has 0 saturated carbocycles. The van der Waals surface area contributed by atoms with E-state index < -0.39 is 5.91 Å². The van der Waals surface area contributed by atoms with Crippen molar-refractivity contribution >= 4 is 46.4 Å². The van der Waals surface area contributed by atoms with Gasteiger partial charge in [-0.3, -0.25) is 4.79 Å². The Morgan fingerprint density at radius 3 is 1.92 bits per heavy atom. The summed E-state index contributed by atoms with van der Waals surface area (Å²) in [4.78, 5) is 12.5. The van der Waals surface area contributed by atoms with Crippen LogP contribution in [0.4, 0.5) is 5.69 Å². The van der Waals surface area contributed by atoms with E-state index in [4.69, 9.17) is 49.0 Å². The van der Waals surface area contributed by atoms with Crippen LogP contribution in [0.3, 0.4) is 0 Å². The largest absolute Gasteiger partial charge is 0.495 e. The predicted molar refractivity (Wildman–Crippen MR) is 95.5 cm³/mol. The fourth-order valence-electron chi connectivity index (χ4n) is 2.04. The number of amides is 1. The SMILES string of the molecule is COc1cc(NC(=O)c2cc(Cl)c(OC)c(Cl)c2)c(OC)cc1Cl. The molecular formula is C16H14Cl3NO4. The molecule has 0 saturated heterocycles. The van der Waals surface area contributed by atoms with E-state index in [-0.39, 0.29) is 15.6 Å². The Morgan fingerprint density at radius 2 is 1.42 bits per heavy atom. The molecule has 0 aliphatic carbocycles. The molecule has 8 heteroatoms. The maximum absolute atomic E-state index is 12.5. The van der Waals surface area contributed by atoms with Gasteiger partial charge in [-0.25, -0.2) is 0 Å². The molecule has 0 bridgehead atoms. The summed E-state index contributed by atoms with van der Waals surface area (Å²) in [6.07, 6.45) is 0. The zero-order chi connectivity index (χ0) is 17.9. The van der Waals surface area contributed by atoms with Gasteiger partial charge in [0.1, 0.15) is 11.5 Å². The lowest BCUT2D eigenvalue weighted by Gasteiger charge is -2.14. The minimum absolute atomic E-state index is 0.232. The average molecular weight is 391 g/mol. The molecule has 0 unspecified atom stereocenters. The maximum Gasteiger partial charge on any atom is 0.255 e. The molecule has 0 aromatic heterocycles. The molecule has 1 amide bonds. The summed E-state index contributed by atoms with van der Waals surface area (Å²) in [7, 11) is 4.38. The molecule has 0 radical (unpaired) electrons. The molecule has 0 atom stereocenters. The number of benzene rings is 2. The van der Waals surface area contributed by atoms with Gasteiger partial charge in [0.25, 0.3) is 5.91 Å². The second kappa shape index (κ2) is 7.83. The van der Waals surface area contributed by atoms with Gasteiger partial charge in [-0.15, -0.1) is 0 Å². The zero-order valence-electron chi connectivity index (χ0n) is 13.1. The van der Waals surface area contributed by atoms with E-state index in [1.807, 2.05) is 0 Å². The van der Waals surface area contributed by atoms with Crippen molar-refractivity contribution in [3.05, 3.63) is 44.9 Å². The van der Waals surface area contributed by atoms with E-state index in [1.165, 1.54) is 33.5 Å². The second-order valence-corrected chi connectivity index (χ2v) is 5.84. The van der Waals surface area contributed by atoms with Gasteiger partial charge in [-0.2, -0.15) is 0 Å². The topological polar surface area (TPSA) is 56.8 Å². The first-order valence-electron chi connectivity index (χ1n) is 6.67. The summed E-state index contributed by atoms with van der Waals surface area (Å²) in [6.45, 7) is 0. The first-order valence-corrected chi connectivity index (χ1v) is 7.80. The van der Waals surface area contributed by atoms with Crippen molar-refractivity contribution < 1.29 is 19.0 Å². The number of nitrogens with one attached hydrogen (secondary N) is 1. The zero-order valence-corrected chi connectivity index (χ0v) is 15.3. The lowest BCUT2D eigenvalue weighted by atomic mass is 10.2. The van der Waals surface area contributed by atoms with Gasteiger partial charge in [0.05, 0.1) is 42.1 Å². The molecule has 24 heavy (non-hydrogen) atoms. The summed E-state index contributed by atoms with van der Waals surface area (Å²) in [5.41, 5.74) is 0.661. The molecule has 5 nitrogen and oxygen atoms in total. The highest BCUT2D eigenvalue weighted by Crippen LogP contribution is 2.37. The number of rotatable bonds is 5. The van der Waals surface area contributed by atoms with Crippen molar-refractivity contribution in [1.29, 1.82) is 0 Å². The van der Waals surface area contributed by atoms with Crippen LogP contribution in [-0.4, -0.2) is 27.2 Å². The number of hydrogen-bond acceptors (Lipinski definition) is 4. The van der Waals surface area contributed by atoms with Gasteiger partial charge >= 0.3 is 0 Å². The van der Waals surface area contributed by atoms with Crippen LogP contribution in [0.2, 0.25) is 15.1 Å². The third-order valence-electron chi connectivity index (χ3n) is 3.19. The molecule has 2 aromatic rings. The fraction of sp³-hybridized carbons (Fsp3) is 0.188. The minimum Gasteiger partial charge on any atom is -0.495 e. The van der Waals surface area contributed by atoms with Crippen LogP contribution in [0.15, 0.2) is 24.3 Å². The Balaban J connectivity index is 2.36. The van der Waals surface area contributed by atoms with Crippen LogP contribution in [0.1, 0.15) is 10.4 Å². The van der Waals surface area contributed by atoms with Crippen molar-refractivity contribution in [2.24, 2.45) is 0 Å². The molecule has 0 spiro atoms. The standard InChI is InChI=1S/C16H14Cl3NO4/c1-22-13-7-12(14(23-2)6-9(13)17)20-16(21)8-4-10(18)15(24-3)11(19)5-8/h4-7H,1-3H3,(H,20,21). The number of halogens is 3. The molecule has 0 aliphatic heterocycles. The third kappa shape index (κ3) is 3.80. The Bertz CT molecular complexity index is 757. The molecule has 0 aliphatic rings. The molecule has 0 heterocycles. The summed E-state index contributed by atoms with van der Waals surface area (Å²) >= 11 is 18.2. The van der Waals surface area contributed by atoms with Crippen LogP contribution in [0.5, 0.6) is 17.2 Å². The normalized spacial score (nSPS) is 10.2. The van der Waals surface area contributed by atoms with Crippen LogP contribution in [0, 0.1) is 0 Å². The van der Waals surface area contributed by atoms with E-state index in [1.54, 1.807) is 12.1 Å². The molecular weight excluding hydrogens is 377 g/mol. The quantitative estimate of drug-likeness (QED) is 0.787. The van der Waals surface area contributed by atoms with E-state index in [0.717, 1.165) is 0 Å². The van der Waals surface area contributed by atoms with Crippen LogP contribution >= 0.6 is 34.8 Å². The Hall–Kier alpha value is -1.82. The van der Waals surface area contributed by atoms with Gasteiger partial charge in [-0.05, 0) is 12.1 Å². The summed E-state index contributed by atoms with van der Waals surface area (Å²) in [6, 6.07) is 6.03. The fourth-order valence-corrected chi connectivity index (χ4v) is 2.91. The highest BCUT2D eigenvalue weighted by molar-refractivity contribution is 6.38. The second-order valence-electron chi connectivity index (χ2n) is 4.61. The Morgan fingerprint density at radius 1 is 0.833 bits per heavy atom. The maximum atomic E-state index is 12.5.